The van der Waals surface area contributed by atoms with Crippen LogP contribution in [0.3, 0.4) is 0 Å². The molecule has 1 aromatic carbocycles. The van der Waals surface area contributed by atoms with Crippen molar-refractivity contribution >= 4 is 28.5 Å². The van der Waals surface area contributed by atoms with E-state index in [1.165, 1.54) is 10.9 Å². The molecule has 0 unspecified atom stereocenters. The molecule has 0 aliphatic carbocycles. The van der Waals surface area contributed by atoms with Crippen molar-refractivity contribution in [2.45, 2.75) is 10.9 Å². The molecule has 20 heavy (non-hydrogen) atoms. The predicted molar refractivity (Wildman–Crippen MR) is 84.1 cm³/mol. The van der Waals surface area contributed by atoms with Gasteiger partial charge in [0.2, 0.25) is 0 Å². The topological polar surface area (TPSA) is 42.7 Å². The monoisotopic (exact) mass is 284 g/mol. The zero-order valence-electron chi connectivity index (χ0n) is 11.5. The summed E-state index contributed by atoms with van der Waals surface area (Å²) >= 11 is 1.72. The van der Waals surface area contributed by atoms with Crippen LogP contribution in [-0.4, -0.2) is 21.6 Å². The largest absolute Gasteiger partial charge is 0.373 e. The van der Waals surface area contributed by atoms with Gasteiger partial charge in [0.05, 0.1) is 5.52 Å². The van der Waals surface area contributed by atoms with Crippen LogP contribution in [0.2, 0.25) is 0 Å². The lowest BCUT2D eigenvalue weighted by molar-refractivity contribution is 0.790. The second kappa shape index (κ2) is 5.54. The molecule has 0 fully saturated rings. The van der Waals surface area contributed by atoms with E-state index in [0.29, 0.717) is 0 Å². The van der Waals surface area contributed by atoms with Gasteiger partial charge in [-0.2, -0.15) is 0 Å². The molecule has 0 spiro atoms. The summed E-state index contributed by atoms with van der Waals surface area (Å²) in [5.41, 5.74) is 2.21. The third-order valence-electron chi connectivity index (χ3n) is 3.17. The van der Waals surface area contributed by atoms with E-state index in [9.17, 15) is 0 Å². The van der Waals surface area contributed by atoms with E-state index in [-0.39, 0.29) is 0 Å². The first-order chi connectivity index (χ1) is 9.78. The van der Waals surface area contributed by atoms with Crippen molar-refractivity contribution in [2.75, 3.05) is 12.4 Å². The SMILES string of the molecule is CNc1nc2ccccc2cc1CSc1nccn1C. The number of nitrogens with one attached hydrogen (secondary N) is 1. The maximum Gasteiger partial charge on any atom is 0.167 e. The molecule has 0 amide bonds. The average Bonchev–Trinajstić information content (AvgIpc) is 2.89. The number of pyridine rings is 1. The lowest BCUT2D eigenvalue weighted by atomic mass is 10.1. The fourth-order valence-electron chi connectivity index (χ4n) is 2.12. The number of hydrogen-bond acceptors (Lipinski definition) is 4. The standard InChI is InChI=1S/C15H16N4S/c1-16-14-12(10-20-15-17-7-8-19(15)2)9-11-5-3-4-6-13(11)18-14/h3-9H,10H2,1-2H3,(H,16,18). The van der Waals surface area contributed by atoms with Crippen LogP contribution in [0.1, 0.15) is 5.56 Å². The molecule has 2 aromatic heterocycles. The van der Waals surface area contributed by atoms with Gasteiger partial charge in [0, 0.05) is 43.2 Å². The van der Waals surface area contributed by atoms with E-state index in [2.05, 4.69) is 27.4 Å². The number of nitrogens with zero attached hydrogens (tertiary/aromatic N) is 3. The van der Waals surface area contributed by atoms with E-state index in [0.717, 1.165) is 22.2 Å². The van der Waals surface area contributed by atoms with Gasteiger partial charge in [0.1, 0.15) is 5.82 Å². The third kappa shape index (κ3) is 2.49. The van der Waals surface area contributed by atoms with Crippen LogP contribution in [0.15, 0.2) is 47.9 Å². The highest BCUT2D eigenvalue weighted by atomic mass is 32.2. The molecule has 5 heteroatoms. The molecular formula is C15H16N4S. The highest BCUT2D eigenvalue weighted by Crippen LogP contribution is 2.27. The van der Waals surface area contributed by atoms with Gasteiger partial charge in [0.25, 0.3) is 0 Å². The number of aryl methyl sites for hydroxylation is 1. The van der Waals surface area contributed by atoms with E-state index in [1.807, 2.05) is 49.3 Å². The Kier molecular flexibility index (Phi) is 3.60. The van der Waals surface area contributed by atoms with Gasteiger partial charge in [-0.1, -0.05) is 30.0 Å². The number of para-hydroxylation sites is 1. The van der Waals surface area contributed by atoms with Gasteiger partial charge in [0.15, 0.2) is 5.16 Å². The third-order valence-corrected chi connectivity index (χ3v) is 4.28. The van der Waals surface area contributed by atoms with Crippen LogP contribution in [0.5, 0.6) is 0 Å². The Morgan fingerprint density at radius 3 is 2.90 bits per heavy atom. The lowest BCUT2D eigenvalue weighted by Gasteiger charge is -2.10. The van der Waals surface area contributed by atoms with Crippen molar-refractivity contribution in [3.8, 4) is 0 Å². The summed E-state index contributed by atoms with van der Waals surface area (Å²) in [7, 11) is 3.92. The van der Waals surface area contributed by atoms with E-state index in [4.69, 9.17) is 0 Å². The zero-order chi connectivity index (χ0) is 13.9. The maximum absolute atomic E-state index is 4.66. The smallest absolute Gasteiger partial charge is 0.167 e. The molecule has 0 atom stereocenters. The number of fused-ring (bicyclic) bond motifs is 1. The fourth-order valence-corrected chi connectivity index (χ4v) is 3.02. The number of aromatic nitrogens is 3. The summed E-state index contributed by atoms with van der Waals surface area (Å²) in [6.07, 6.45) is 3.78. The van der Waals surface area contributed by atoms with Gasteiger partial charge < -0.3 is 9.88 Å². The van der Waals surface area contributed by atoms with Crippen molar-refractivity contribution in [1.29, 1.82) is 0 Å². The summed E-state index contributed by atoms with van der Waals surface area (Å²) in [5.74, 6) is 1.78. The molecular weight excluding hydrogens is 268 g/mol. The van der Waals surface area contributed by atoms with Crippen molar-refractivity contribution in [3.63, 3.8) is 0 Å². The fraction of sp³-hybridized carbons (Fsp3) is 0.200. The van der Waals surface area contributed by atoms with Crippen LogP contribution in [0.4, 0.5) is 5.82 Å². The first-order valence-corrected chi connectivity index (χ1v) is 7.43. The Hall–Kier alpha value is -2.01. The molecule has 1 N–H and O–H groups in total. The van der Waals surface area contributed by atoms with Crippen molar-refractivity contribution in [2.24, 2.45) is 7.05 Å². The minimum atomic E-state index is 0.846. The Balaban J connectivity index is 1.91. The summed E-state index contributed by atoms with van der Waals surface area (Å²) in [6, 6.07) is 10.4. The number of imidazole rings is 1. The Labute approximate surface area is 122 Å². The summed E-state index contributed by atoms with van der Waals surface area (Å²) < 4.78 is 2.03. The van der Waals surface area contributed by atoms with Gasteiger partial charge in [-0.05, 0) is 12.1 Å². The predicted octanol–water partition coefficient (Wildman–Crippen LogP) is 3.30. The molecule has 0 aliphatic heterocycles. The van der Waals surface area contributed by atoms with Crippen LogP contribution in [0.25, 0.3) is 10.9 Å². The molecule has 0 saturated carbocycles. The normalized spacial score (nSPS) is 10.9. The molecule has 102 valence electrons. The minimum absolute atomic E-state index is 0.846. The van der Waals surface area contributed by atoms with Crippen LogP contribution in [0, 0.1) is 0 Å². The van der Waals surface area contributed by atoms with Gasteiger partial charge in [-0.25, -0.2) is 9.97 Å². The Morgan fingerprint density at radius 2 is 2.15 bits per heavy atom. The van der Waals surface area contributed by atoms with E-state index >= 15 is 0 Å². The Morgan fingerprint density at radius 1 is 1.30 bits per heavy atom. The van der Waals surface area contributed by atoms with Gasteiger partial charge in [-0.15, -0.1) is 0 Å². The van der Waals surface area contributed by atoms with Crippen LogP contribution in [-0.2, 0) is 12.8 Å². The second-order valence-electron chi connectivity index (χ2n) is 4.55. The van der Waals surface area contributed by atoms with E-state index in [1.54, 1.807) is 11.8 Å². The zero-order valence-corrected chi connectivity index (χ0v) is 12.3. The quantitative estimate of drug-likeness (QED) is 0.746. The number of rotatable bonds is 4. The number of anilines is 1. The van der Waals surface area contributed by atoms with Crippen molar-refractivity contribution in [1.82, 2.24) is 14.5 Å². The average molecular weight is 284 g/mol. The first kappa shape index (κ1) is 13.0. The molecule has 0 aliphatic rings. The van der Waals surface area contributed by atoms with Crippen molar-refractivity contribution in [3.05, 3.63) is 48.3 Å². The lowest BCUT2D eigenvalue weighted by Crippen LogP contribution is -1.99. The maximum atomic E-state index is 4.66. The van der Waals surface area contributed by atoms with Crippen molar-refractivity contribution < 1.29 is 0 Å². The number of benzene rings is 1. The number of thioether (sulfide) groups is 1. The summed E-state index contributed by atoms with van der Waals surface area (Å²) in [4.78, 5) is 9.00. The van der Waals surface area contributed by atoms with E-state index < -0.39 is 0 Å². The summed E-state index contributed by atoms with van der Waals surface area (Å²) in [5, 5.41) is 5.36. The van der Waals surface area contributed by atoms with Crippen LogP contribution >= 0.6 is 11.8 Å². The van der Waals surface area contributed by atoms with Gasteiger partial charge in [-0.3, -0.25) is 0 Å². The molecule has 2 heterocycles. The van der Waals surface area contributed by atoms with Crippen LogP contribution < -0.4 is 5.32 Å². The number of hydrogen-bond donors (Lipinski definition) is 1. The molecule has 4 nitrogen and oxygen atoms in total. The second-order valence-corrected chi connectivity index (χ2v) is 5.49. The molecule has 0 bridgehead atoms. The molecule has 3 aromatic rings. The molecule has 0 radical (unpaired) electrons. The van der Waals surface area contributed by atoms with Gasteiger partial charge >= 0.3 is 0 Å². The summed E-state index contributed by atoms with van der Waals surface area (Å²) in [6.45, 7) is 0. The highest BCUT2D eigenvalue weighted by Gasteiger charge is 2.08. The molecule has 3 rings (SSSR count). The Bertz CT molecular complexity index is 736. The first-order valence-electron chi connectivity index (χ1n) is 6.44. The highest BCUT2D eigenvalue weighted by molar-refractivity contribution is 7.98. The molecule has 0 saturated heterocycles. The minimum Gasteiger partial charge on any atom is -0.373 e.